The van der Waals surface area contributed by atoms with Gasteiger partial charge in [0.25, 0.3) is 5.56 Å². The van der Waals surface area contributed by atoms with Gasteiger partial charge in [0.05, 0.1) is 6.20 Å². The minimum absolute atomic E-state index is 0.266. The zero-order chi connectivity index (χ0) is 12.1. The smallest absolute Gasteiger partial charge is 0.336 e. The minimum atomic E-state index is -1.20. The summed E-state index contributed by atoms with van der Waals surface area (Å²) in [6.45, 7) is 0.650. The quantitative estimate of drug-likeness (QED) is 0.553. The third-order valence-corrected chi connectivity index (χ3v) is 1.77. The maximum absolute atomic E-state index is 12.8. The summed E-state index contributed by atoms with van der Waals surface area (Å²) in [4.78, 5) is 34.8. The number of nitrogens with one attached hydrogen (secondary N) is 2. The van der Waals surface area contributed by atoms with Gasteiger partial charge in [0, 0.05) is 6.54 Å². The second-order valence-electron chi connectivity index (χ2n) is 2.98. The average molecular weight is 230 g/mol. The molecule has 8 heteroatoms. The highest BCUT2D eigenvalue weighted by Crippen LogP contribution is 1.84. The molecular weight excluding hydrogens is 219 g/mol. The Kier molecular flexibility index (Phi) is 3.95. The molecule has 0 aromatic carbocycles. The van der Waals surface area contributed by atoms with Crippen molar-refractivity contribution < 1.29 is 9.18 Å². The van der Waals surface area contributed by atoms with Crippen LogP contribution in [0.2, 0.25) is 0 Å². The molecule has 1 rings (SSSR count). The van der Waals surface area contributed by atoms with Crippen LogP contribution in [0.5, 0.6) is 0 Å². The van der Waals surface area contributed by atoms with Crippen molar-refractivity contribution >= 4 is 6.03 Å². The third-order valence-electron chi connectivity index (χ3n) is 1.77. The number of rotatable bonds is 3. The van der Waals surface area contributed by atoms with Crippen molar-refractivity contribution in [2.75, 3.05) is 13.1 Å². The van der Waals surface area contributed by atoms with Gasteiger partial charge in [-0.1, -0.05) is 0 Å². The topological polar surface area (TPSA) is 110 Å². The molecule has 0 atom stereocenters. The van der Waals surface area contributed by atoms with Crippen LogP contribution in [-0.2, 0) is 0 Å². The molecule has 1 amide bonds. The molecular formula is C8H11FN4O3. The van der Waals surface area contributed by atoms with Crippen molar-refractivity contribution in [3.63, 3.8) is 0 Å². The minimum Gasteiger partial charge on any atom is -0.337 e. The van der Waals surface area contributed by atoms with Gasteiger partial charge in [-0.05, 0) is 13.0 Å². The summed E-state index contributed by atoms with van der Waals surface area (Å²) in [5, 5.41) is 2.34. The summed E-state index contributed by atoms with van der Waals surface area (Å²) >= 11 is 0. The standard InChI is InChI=1S/C8H11FN4O3/c9-5-4-13(8(16)12-6(5)14)7(15)11-3-1-2-10/h4H,1-3,10H2,(H,11,15)(H,12,14,16). The highest BCUT2D eigenvalue weighted by molar-refractivity contribution is 5.76. The molecule has 0 radical (unpaired) electrons. The van der Waals surface area contributed by atoms with E-state index in [0.717, 1.165) is 0 Å². The van der Waals surface area contributed by atoms with Crippen LogP contribution in [0, 0.1) is 5.82 Å². The van der Waals surface area contributed by atoms with Crippen LogP contribution >= 0.6 is 0 Å². The van der Waals surface area contributed by atoms with E-state index in [4.69, 9.17) is 5.73 Å². The number of amides is 1. The average Bonchev–Trinajstić information content (AvgIpc) is 2.23. The van der Waals surface area contributed by atoms with Crippen LogP contribution < -0.4 is 22.3 Å². The number of aromatic nitrogens is 2. The van der Waals surface area contributed by atoms with Gasteiger partial charge < -0.3 is 11.1 Å². The summed E-state index contributed by atoms with van der Waals surface area (Å²) in [5.41, 5.74) is 3.05. The van der Waals surface area contributed by atoms with Gasteiger partial charge in [-0.25, -0.2) is 14.2 Å². The Morgan fingerprint density at radius 2 is 2.25 bits per heavy atom. The molecule has 4 N–H and O–H groups in total. The van der Waals surface area contributed by atoms with E-state index in [1.165, 1.54) is 0 Å². The lowest BCUT2D eigenvalue weighted by Gasteiger charge is -2.05. The number of hydrogen-bond acceptors (Lipinski definition) is 4. The lowest BCUT2D eigenvalue weighted by Crippen LogP contribution is -2.41. The van der Waals surface area contributed by atoms with Crippen molar-refractivity contribution in [1.82, 2.24) is 14.9 Å². The third kappa shape index (κ3) is 2.76. The summed E-state index contributed by atoms with van der Waals surface area (Å²) < 4.78 is 13.3. The van der Waals surface area contributed by atoms with E-state index >= 15 is 0 Å². The maximum Gasteiger partial charge on any atom is 0.336 e. The second kappa shape index (κ2) is 5.21. The Hall–Kier alpha value is -1.96. The number of nitrogens with two attached hydrogens (primary N) is 1. The molecule has 0 aliphatic carbocycles. The fraction of sp³-hybridized carbons (Fsp3) is 0.375. The molecule has 16 heavy (non-hydrogen) atoms. The second-order valence-corrected chi connectivity index (χ2v) is 2.98. The fourth-order valence-electron chi connectivity index (χ4n) is 0.981. The first-order valence-corrected chi connectivity index (χ1v) is 4.56. The molecule has 0 saturated carbocycles. The van der Waals surface area contributed by atoms with Crippen LogP contribution in [0.1, 0.15) is 6.42 Å². The number of H-pyrrole nitrogens is 1. The van der Waals surface area contributed by atoms with E-state index in [0.29, 0.717) is 23.7 Å². The van der Waals surface area contributed by atoms with E-state index in [1.54, 1.807) is 4.98 Å². The van der Waals surface area contributed by atoms with Crippen LogP contribution in [0.25, 0.3) is 0 Å². The number of hydrogen-bond donors (Lipinski definition) is 3. The summed E-state index contributed by atoms with van der Waals surface area (Å²) in [7, 11) is 0. The van der Waals surface area contributed by atoms with Gasteiger partial charge in [0.2, 0.25) is 5.82 Å². The summed E-state index contributed by atoms with van der Waals surface area (Å²) in [6, 6.07) is -0.811. The number of halogens is 1. The first-order valence-electron chi connectivity index (χ1n) is 4.56. The zero-order valence-corrected chi connectivity index (χ0v) is 8.33. The molecule has 0 aliphatic heterocycles. The molecule has 1 heterocycles. The van der Waals surface area contributed by atoms with Gasteiger partial charge in [-0.3, -0.25) is 9.78 Å². The highest BCUT2D eigenvalue weighted by atomic mass is 19.1. The van der Waals surface area contributed by atoms with Crippen LogP contribution in [-0.4, -0.2) is 28.7 Å². The molecule has 1 aromatic rings. The fourth-order valence-corrected chi connectivity index (χ4v) is 0.981. The Bertz CT molecular complexity index is 493. The van der Waals surface area contributed by atoms with Gasteiger partial charge in [0.15, 0.2) is 0 Å². The van der Waals surface area contributed by atoms with Gasteiger partial charge in [0.1, 0.15) is 0 Å². The molecule has 7 nitrogen and oxygen atoms in total. The first kappa shape index (κ1) is 12.1. The van der Waals surface area contributed by atoms with E-state index in [2.05, 4.69) is 5.32 Å². The monoisotopic (exact) mass is 230 g/mol. The van der Waals surface area contributed by atoms with E-state index in [1.807, 2.05) is 0 Å². The molecule has 0 spiro atoms. The maximum atomic E-state index is 12.8. The summed E-state index contributed by atoms with van der Waals surface area (Å²) in [5.74, 6) is -1.20. The number of nitrogens with zero attached hydrogens (tertiary/aromatic N) is 1. The Balaban J connectivity index is 2.88. The number of carbonyl (C=O) groups excluding carboxylic acids is 1. The Labute approximate surface area is 89.1 Å². The molecule has 0 saturated heterocycles. The largest absolute Gasteiger partial charge is 0.337 e. The molecule has 0 unspecified atom stereocenters. The SMILES string of the molecule is NCCCNC(=O)n1cc(F)c(=O)[nH]c1=O. The Morgan fingerprint density at radius 3 is 2.88 bits per heavy atom. The summed E-state index contributed by atoms with van der Waals surface area (Å²) in [6.07, 6.45) is 1.07. The van der Waals surface area contributed by atoms with E-state index in [-0.39, 0.29) is 6.54 Å². The van der Waals surface area contributed by atoms with Crippen molar-refractivity contribution in [2.45, 2.75) is 6.42 Å². The van der Waals surface area contributed by atoms with Crippen molar-refractivity contribution in [3.05, 3.63) is 32.9 Å². The number of carbonyl (C=O) groups is 1. The normalized spacial score (nSPS) is 10.1. The van der Waals surface area contributed by atoms with Crippen molar-refractivity contribution in [2.24, 2.45) is 5.73 Å². The molecule has 0 aliphatic rings. The molecule has 88 valence electrons. The predicted octanol–water partition coefficient (Wildman–Crippen LogP) is -1.42. The predicted molar refractivity (Wildman–Crippen MR) is 53.7 cm³/mol. The van der Waals surface area contributed by atoms with Gasteiger partial charge >= 0.3 is 11.7 Å². The van der Waals surface area contributed by atoms with Crippen molar-refractivity contribution in [1.29, 1.82) is 0 Å². The molecule has 1 aromatic heterocycles. The first-order chi connectivity index (χ1) is 7.56. The highest BCUT2D eigenvalue weighted by Gasteiger charge is 2.09. The van der Waals surface area contributed by atoms with Crippen LogP contribution in [0.4, 0.5) is 9.18 Å². The van der Waals surface area contributed by atoms with Crippen molar-refractivity contribution in [3.8, 4) is 0 Å². The van der Waals surface area contributed by atoms with E-state index in [9.17, 15) is 18.8 Å². The van der Waals surface area contributed by atoms with E-state index < -0.39 is 23.1 Å². The van der Waals surface area contributed by atoms with Crippen LogP contribution in [0.3, 0.4) is 0 Å². The van der Waals surface area contributed by atoms with Crippen LogP contribution in [0.15, 0.2) is 15.8 Å². The number of aromatic amines is 1. The zero-order valence-electron chi connectivity index (χ0n) is 8.33. The lowest BCUT2D eigenvalue weighted by atomic mass is 10.4. The molecule has 0 bridgehead atoms. The Morgan fingerprint density at radius 1 is 1.56 bits per heavy atom. The van der Waals surface area contributed by atoms with Gasteiger partial charge in [-0.15, -0.1) is 0 Å². The lowest BCUT2D eigenvalue weighted by molar-refractivity contribution is 0.240. The van der Waals surface area contributed by atoms with Gasteiger partial charge in [-0.2, -0.15) is 4.39 Å². The molecule has 0 fully saturated rings.